The van der Waals surface area contributed by atoms with Gasteiger partial charge in [-0.05, 0) is 46.3 Å². The molecule has 1 fully saturated rings. The zero-order valence-electron chi connectivity index (χ0n) is 12.4. The van der Waals surface area contributed by atoms with Crippen molar-refractivity contribution in [3.8, 4) is 5.75 Å². The molecule has 106 valence electrons. The van der Waals surface area contributed by atoms with Crippen molar-refractivity contribution in [2.75, 3.05) is 26.7 Å². The summed E-state index contributed by atoms with van der Waals surface area (Å²) >= 11 is 0. The van der Waals surface area contributed by atoms with Crippen LogP contribution in [0.3, 0.4) is 0 Å². The van der Waals surface area contributed by atoms with E-state index >= 15 is 0 Å². The maximum absolute atomic E-state index is 5.75. The van der Waals surface area contributed by atoms with Gasteiger partial charge in [0.05, 0.1) is 6.61 Å². The van der Waals surface area contributed by atoms with E-state index < -0.39 is 0 Å². The Morgan fingerprint density at radius 3 is 2.84 bits per heavy atom. The molecule has 1 saturated heterocycles. The fraction of sp³-hybridized carbons (Fsp3) is 0.625. The molecule has 0 aromatic heterocycles. The van der Waals surface area contributed by atoms with E-state index in [1.54, 1.807) is 0 Å². The predicted octanol–water partition coefficient (Wildman–Crippen LogP) is 2.83. The number of hydrogen-bond donors (Lipinski definition) is 1. The molecule has 0 bridgehead atoms. The zero-order valence-corrected chi connectivity index (χ0v) is 12.4. The highest BCUT2D eigenvalue weighted by Crippen LogP contribution is 2.27. The molecule has 1 aliphatic heterocycles. The normalized spacial score (nSPS) is 21.5. The first kappa shape index (κ1) is 14.4. The molecule has 19 heavy (non-hydrogen) atoms. The average Bonchev–Trinajstić information content (AvgIpc) is 2.83. The van der Waals surface area contributed by atoms with Gasteiger partial charge in [-0.2, -0.15) is 0 Å². The van der Waals surface area contributed by atoms with Crippen molar-refractivity contribution < 1.29 is 4.74 Å². The topological polar surface area (TPSA) is 24.5 Å². The van der Waals surface area contributed by atoms with Gasteiger partial charge in [-0.15, -0.1) is 0 Å². The summed E-state index contributed by atoms with van der Waals surface area (Å²) in [6, 6.07) is 9.41. The molecule has 0 amide bonds. The molecule has 0 saturated carbocycles. The van der Waals surface area contributed by atoms with E-state index in [1.165, 1.54) is 24.9 Å². The molecule has 2 rings (SSSR count). The van der Waals surface area contributed by atoms with Crippen LogP contribution in [0.1, 0.15) is 38.3 Å². The van der Waals surface area contributed by atoms with Crippen LogP contribution in [0.25, 0.3) is 0 Å². The second-order valence-electron chi connectivity index (χ2n) is 5.30. The lowest BCUT2D eigenvalue weighted by Gasteiger charge is -2.28. The van der Waals surface area contributed by atoms with Crippen LogP contribution in [0.2, 0.25) is 0 Å². The molecule has 1 aromatic rings. The number of likely N-dealkylation sites (N-methyl/N-ethyl adjacent to an activating group) is 1. The number of para-hydroxylation sites is 1. The van der Waals surface area contributed by atoms with Crippen molar-refractivity contribution in [1.82, 2.24) is 10.2 Å². The maximum Gasteiger partial charge on any atom is 0.124 e. The van der Waals surface area contributed by atoms with E-state index in [9.17, 15) is 0 Å². The first-order chi connectivity index (χ1) is 9.26. The highest BCUT2D eigenvalue weighted by atomic mass is 16.5. The van der Waals surface area contributed by atoms with Crippen LogP contribution in [0, 0.1) is 0 Å². The highest BCUT2D eigenvalue weighted by Gasteiger charge is 2.24. The molecule has 0 aliphatic carbocycles. The molecule has 1 aromatic carbocycles. The second-order valence-corrected chi connectivity index (χ2v) is 5.30. The Bertz CT molecular complexity index is 394. The SMILES string of the molecule is CCOc1ccccc1C(CN1CCCC1C)NC. The number of hydrogen-bond acceptors (Lipinski definition) is 3. The second kappa shape index (κ2) is 6.92. The van der Waals surface area contributed by atoms with E-state index in [-0.39, 0.29) is 0 Å². The summed E-state index contributed by atoms with van der Waals surface area (Å²) in [5.74, 6) is 1.01. The van der Waals surface area contributed by atoms with Crippen LogP contribution in [-0.4, -0.2) is 37.7 Å². The summed E-state index contributed by atoms with van der Waals surface area (Å²) in [7, 11) is 2.04. The number of ether oxygens (including phenoxy) is 1. The Kier molecular flexibility index (Phi) is 5.23. The van der Waals surface area contributed by atoms with Gasteiger partial charge in [0.2, 0.25) is 0 Å². The summed E-state index contributed by atoms with van der Waals surface area (Å²) < 4.78 is 5.75. The average molecular weight is 262 g/mol. The number of rotatable bonds is 6. The Morgan fingerprint density at radius 2 is 2.21 bits per heavy atom. The third kappa shape index (κ3) is 3.48. The molecule has 3 nitrogen and oxygen atoms in total. The third-order valence-corrected chi connectivity index (χ3v) is 4.05. The molecule has 1 heterocycles. The van der Waals surface area contributed by atoms with Crippen LogP contribution < -0.4 is 10.1 Å². The van der Waals surface area contributed by atoms with E-state index in [4.69, 9.17) is 4.74 Å². The Morgan fingerprint density at radius 1 is 1.42 bits per heavy atom. The molecule has 1 N–H and O–H groups in total. The van der Waals surface area contributed by atoms with Gasteiger partial charge in [-0.25, -0.2) is 0 Å². The van der Waals surface area contributed by atoms with Crippen LogP contribution in [0.4, 0.5) is 0 Å². The van der Waals surface area contributed by atoms with Crippen molar-refractivity contribution in [1.29, 1.82) is 0 Å². The van der Waals surface area contributed by atoms with Crippen LogP contribution in [-0.2, 0) is 0 Å². The fourth-order valence-electron chi connectivity index (χ4n) is 2.90. The minimum absolute atomic E-state index is 0.336. The summed E-state index contributed by atoms with van der Waals surface area (Å²) in [6.07, 6.45) is 2.65. The molecular formula is C16H26N2O. The summed E-state index contributed by atoms with van der Waals surface area (Å²) in [6.45, 7) is 7.35. The van der Waals surface area contributed by atoms with E-state index in [1.807, 2.05) is 20.0 Å². The highest BCUT2D eigenvalue weighted by molar-refractivity contribution is 5.36. The lowest BCUT2D eigenvalue weighted by atomic mass is 10.0. The first-order valence-corrected chi connectivity index (χ1v) is 7.39. The molecule has 0 radical (unpaired) electrons. The van der Waals surface area contributed by atoms with Gasteiger partial charge in [-0.1, -0.05) is 18.2 Å². The minimum atomic E-state index is 0.336. The monoisotopic (exact) mass is 262 g/mol. The zero-order chi connectivity index (χ0) is 13.7. The molecule has 3 heteroatoms. The standard InChI is InChI=1S/C16H26N2O/c1-4-19-16-10-6-5-9-14(16)15(17-3)12-18-11-7-8-13(18)2/h5-6,9-10,13,15,17H,4,7-8,11-12H2,1-3H3. The predicted molar refractivity (Wildman–Crippen MR) is 79.7 cm³/mol. The molecule has 1 aliphatic rings. The maximum atomic E-state index is 5.75. The number of nitrogens with zero attached hydrogens (tertiary/aromatic N) is 1. The lowest BCUT2D eigenvalue weighted by molar-refractivity contribution is 0.237. The summed E-state index contributed by atoms with van der Waals surface area (Å²) in [5.41, 5.74) is 1.27. The van der Waals surface area contributed by atoms with Crippen LogP contribution in [0.5, 0.6) is 5.75 Å². The largest absolute Gasteiger partial charge is 0.494 e. The van der Waals surface area contributed by atoms with E-state index in [0.29, 0.717) is 18.7 Å². The van der Waals surface area contributed by atoms with E-state index in [2.05, 4.69) is 35.3 Å². The molecule has 0 spiro atoms. The molecule has 2 unspecified atom stereocenters. The van der Waals surface area contributed by atoms with Gasteiger partial charge in [0.1, 0.15) is 5.75 Å². The fourth-order valence-corrected chi connectivity index (χ4v) is 2.90. The van der Waals surface area contributed by atoms with Crippen LogP contribution >= 0.6 is 0 Å². The Labute approximate surface area is 116 Å². The van der Waals surface area contributed by atoms with Gasteiger partial charge in [0, 0.05) is 24.2 Å². The summed E-state index contributed by atoms with van der Waals surface area (Å²) in [4.78, 5) is 2.57. The lowest BCUT2D eigenvalue weighted by Crippen LogP contribution is -2.36. The van der Waals surface area contributed by atoms with E-state index in [0.717, 1.165) is 12.3 Å². The van der Waals surface area contributed by atoms with Gasteiger partial charge in [0.25, 0.3) is 0 Å². The van der Waals surface area contributed by atoms with Gasteiger partial charge in [-0.3, -0.25) is 4.90 Å². The number of nitrogens with one attached hydrogen (secondary N) is 1. The smallest absolute Gasteiger partial charge is 0.124 e. The molecular weight excluding hydrogens is 236 g/mol. The van der Waals surface area contributed by atoms with Crippen molar-refractivity contribution >= 4 is 0 Å². The number of likely N-dealkylation sites (tertiary alicyclic amines) is 1. The quantitative estimate of drug-likeness (QED) is 0.853. The number of benzene rings is 1. The van der Waals surface area contributed by atoms with Crippen LogP contribution in [0.15, 0.2) is 24.3 Å². The van der Waals surface area contributed by atoms with Gasteiger partial charge < -0.3 is 10.1 Å². The summed E-state index contributed by atoms with van der Waals surface area (Å²) in [5, 5.41) is 3.44. The van der Waals surface area contributed by atoms with Gasteiger partial charge in [0.15, 0.2) is 0 Å². The van der Waals surface area contributed by atoms with Crippen molar-refractivity contribution in [2.45, 2.75) is 38.8 Å². The minimum Gasteiger partial charge on any atom is -0.494 e. The first-order valence-electron chi connectivity index (χ1n) is 7.39. The Balaban J connectivity index is 2.12. The van der Waals surface area contributed by atoms with Gasteiger partial charge >= 0.3 is 0 Å². The molecule has 2 atom stereocenters. The third-order valence-electron chi connectivity index (χ3n) is 4.05. The van der Waals surface area contributed by atoms with Crippen molar-refractivity contribution in [3.05, 3.63) is 29.8 Å². The van der Waals surface area contributed by atoms with Crippen molar-refractivity contribution in [2.24, 2.45) is 0 Å². The van der Waals surface area contributed by atoms with Crippen molar-refractivity contribution in [3.63, 3.8) is 0 Å². The Hall–Kier alpha value is -1.06.